The largest absolute Gasteiger partial charge is 0.337 e. The number of carbonyl (C=O) groups is 1. The third-order valence-corrected chi connectivity index (χ3v) is 5.41. The second-order valence-corrected chi connectivity index (χ2v) is 7.82. The number of carbonyl (C=O) groups excluding carboxylic acids is 1. The van der Waals surface area contributed by atoms with Crippen molar-refractivity contribution in [2.75, 3.05) is 13.1 Å². The number of halogens is 2. The molecule has 2 N–H and O–H groups in total. The van der Waals surface area contributed by atoms with E-state index >= 15 is 0 Å². The first-order chi connectivity index (χ1) is 11.5. The summed E-state index contributed by atoms with van der Waals surface area (Å²) in [4.78, 5) is 15.4. The van der Waals surface area contributed by atoms with Crippen LogP contribution in [0.4, 0.5) is 0 Å². The van der Waals surface area contributed by atoms with E-state index in [2.05, 4.69) is 0 Å². The Morgan fingerprint density at radius 2 is 1.96 bits per heavy atom. The van der Waals surface area contributed by atoms with E-state index in [1.165, 1.54) is 0 Å². The highest BCUT2D eigenvalue weighted by Crippen LogP contribution is 2.29. The van der Waals surface area contributed by atoms with Gasteiger partial charge >= 0.3 is 0 Å². The third-order valence-electron chi connectivity index (χ3n) is 3.93. The van der Waals surface area contributed by atoms with E-state index in [0.717, 1.165) is 29.2 Å². The molecule has 3 nitrogen and oxygen atoms in total. The van der Waals surface area contributed by atoms with E-state index in [-0.39, 0.29) is 11.9 Å². The molecule has 126 valence electrons. The van der Waals surface area contributed by atoms with Crippen LogP contribution in [0, 0.1) is 0 Å². The summed E-state index contributed by atoms with van der Waals surface area (Å²) < 4.78 is 0. The topological polar surface area (TPSA) is 46.3 Å². The van der Waals surface area contributed by atoms with Gasteiger partial charge in [0, 0.05) is 45.4 Å². The van der Waals surface area contributed by atoms with Gasteiger partial charge in [-0.3, -0.25) is 4.79 Å². The highest BCUT2D eigenvalue weighted by Gasteiger charge is 2.24. The van der Waals surface area contributed by atoms with E-state index in [1.54, 1.807) is 17.8 Å². The van der Waals surface area contributed by atoms with Crippen LogP contribution in [-0.2, 0) is 5.75 Å². The zero-order valence-electron chi connectivity index (χ0n) is 13.0. The summed E-state index contributed by atoms with van der Waals surface area (Å²) in [5.74, 6) is 0.803. The minimum absolute atomic E-state index is 0.0561. The van der Waals surface area contributed by atoms with Gasteiger partial charge in [-0.2, -0.15) is 0 Å². The Hall–Kier alpha value is -1.20. The lowest BCUT2D eigenvalue weighted by Crippen LogP contribution is -2.31. The molecule has 1 atom stereocenters. The van der Waals surface area contributed by atoms with Crippen LogP contribution in [-0.4, -0.2) is 29.9 Å². The monoisotopic (exact) mass is 380 g/mol. The fourth-order valence-electron chi connectivity index (χ4n) is 2.73. The first kappa shape index (κ1) is 17.6. The highest BCUT2D eigenvalue weighted by atomic mass is 35.5. The molecule has 1 saturated heterocycles. The van der Waals surface area contributed by atoms with Crippen molar-refractivity contribution < 1.29 is 4.79 Å². The number of hydrogen-bond acceptors (Lipinski definition) is 3. The lowest BCUT2D eigenvalue weighted by Gasteiger charge is -2.16. The van der Waals surface area contributed by atoms with Crippen LogP contribution in [0.1, 0.15) is 22.3 Å². The molecule has 0 spiro atoms. The average molecular weight is 381 g/mol. The van der Waals surface area contributed by atoms with Crippen molar-refractivity contribution >= 4 is 40.9 Å². The quantitative estimate of drug-likeness (QED) is 0.796. The van der Waals surface area contributed by atoms with Crippen LogP contribution in [0.25, 0.3) is 0 Å². The van der Waals surface area contributed by atoms with Gasteiger partial charge in [0.1, 0.15) is 0 Å². The Labute approximate surface area is 156 Å². The van der Waals surface area contributed by atoms with Crippen LogP contribution < -0.4 is 5.73 Å². The van der Waals surface area contributed by atoms with E-state index < -0.39 is 0 Å². The van der Waals surface area contributed by atoms with Gasteiger partial charge in [-0.15, -0.1) is 11.8 Å². The summed E-state index contributed by atoms with van der Waals surface area (Å²) in [7, 11) is 0. The Kier molecular flexibility index (Phi) is 5.72. The van der Waals surface area contributed by atoms with E-state index in [9.17, 15) is 4.79 Å². The standard InChI is InChI=1S/C18H18Cl2N2OS/c19-14-7-15(20)9-17(8-14)24-11-12-2-1-3-13(6-12)18(23)22-5-4-16(21)10-22/h1-3,6-9,16H,4-5,10-11,21H2/t16-/m1/s1. The molecule has 0 unspecified atom stereocenters. The van der Waals surface area contributed by atoms with Gasteiger partial charge in [0.15, 0.2) is 0 Å². The number of amides is 1. The van der Waals surface area contributed by atoms with Crippen LogP contribution in [0.3, 0.4) is 0 Å². The fraction of sp³-hybridized carbons (Fsp3) is 0.278. The van der Waals surface area contributed by atoms with Gasteiger partial charge < -0.3 is 10.6 Å². The maximum absolute atomic E-state index is 12.5. The van der Waals surface area contributed by atoms with Crippen molar-refractivity contribution in [1.82, 2.24) is 4.90 Å². The molecule has 1 aliphatic rings. The zero-order valence-corrected chi connectivity index (χ0v) is 15.4. The molecule has 6 heteroatoms. The van der Waals surface area contributed by atoms with Gasteiger partial charge in [-0.25, -0.2) is 0 Å². The molecule has 0 bridgehead atoms. The highest BCUT2D eigenvalue weighted by molar-refractivity contribution is 7.98. The van der Waals surface area contributed by atoms with Gasteiger partial charge in [0.05, 0.1) is 0 Å². The van der Waals surface area contributed by atoms with Gasteiger partial charge in [-0.1, -0.05) is 35.3 Å². The Morgan fingerprint density at radius 3 is 2.62 bits per heavy atom. The third kappa shape index (κ3) is 4.45. The minimum Gasteiger partial charge on any atom is -0.337 e. The maximum Gasteiger partial charge on any atom is 0.253 e. The molecular weight excluding hydrogens is 363 g/mol. The summed E-state index contributed by atoms with van der Waals surface area (Å²) in [6.45, 7) is 1.37. The van der Waals surface area contributed by atoms with E-state index in [4.69, 9.17) is 28.9 Å². The first-order valence-electron chi connectivity index (χ1n) is 7.74. The SMILES string of the molecule is N[C@@H]1CCN(C(=O)c2cccc(CSc3cc(Cl)cc(Cl)c3)c2)C1. The molecule has 2 aromatic carbocycles. The van der Waals surface area contributed by atoms with Crippen molar-refractivity contribution in [3.63, 3.8) is 0 Å². The summed E-state index contributed by atoms with van der Waals surface area (Å²) in [5.41, 5.74) is 7.69. The zero-order chi connectivity index (χ0) is 17.1. The molecule has 1 aliphatic heterocycles. The molecule has 2 aromatic rings. The summed E-state index contributed by atoms with van der Waals surface area (Å²) in [6, 6.07) is 13.3. The van der Waals surface area contributed by atoms with Crippen LogP contribution in [0.15, 0.2) is 47.4 Å². The molecule has 0 radical (unpaired) electrons. The van der Waals surface area contributed by atoms with Crippen molar-refractivity contribution in [2.45, 2.75) is 23.1 Å². The summed E-state index contributed by atoms with van der Waals surface area (Å²) >= 11 is 13.7. The molecule has 0 saturated carbocycles. The second-order valence-electron chi connectivity index (χ2n) is 5.89. The molecule has 1 amide bonds. The number of likely N-dealkylation sites (tertiary alicyclic amines) is 1. The predicted molar refractivity (Wildman–Crippen MR) is 101 cm³/mol. The van der Waals surface area contributed by atoms with Crippen molar-refractivity contribution in [2.24, 2.45) is 5.73 Å². The van der Waals surface area contributed by atoms with E-state index in [1.807, 2.05) is 41.3 Å². The lowest BCUT2D eigenvalue weighted by atomic mass is 10.1. The molecule has 1 heterocycles. The molecule has 1 fully saturated rings. The maximum atomic E-state index is 12.5. The molecule has 24 heavy (non-hydrogen) atoms. The molecule has 3 rings (SSSR count). The normalized spacial score (nSPS) is 17.3. The summed E-state index contributed by atoms with van der Waals surface area (Å²) in [6.07, 6.45) is 0.872. The van der Waals surface area contributed by atoms with E-state index in [0.29, 0.717) is 22.2 Å². The number of nitrogens with zero attached hydrogens (tertiary/aromatic N) is 1. The molecular formula is C18H18Cl2N2OS. The number of thioether (sulfide) groups is 1. The molecule has 0 aliphatic carbocycles. The van der Waals surface area contributed by atoms with Crippen LogP contribution in [0.2, 0.25) is 10.0 Å². The average Bonchev–Trinajstić information content (AvgIpc) is 2.98. The van der Waals surface area contributed by atoms with Gasteiger partial charge in [0.25, 0.3) is 5.91 Å². The smallest absolute Gasteiger partial charge is 0.253 e. The molecule has 0 aromatic heterocycles. The first-order valence-corrected chi connectivity index (χ1v) is 9.48. The van der Waals surface area contributed by atoms with Gasteiger partial charge in [0.2, 0.25) is 0 Å². The minimum atomic E-state index is 0.0561. The Morgan fingerprint density at radius 1 is 1.21 bits per heavy atom. The number of rotatable bonds is 4. The number of hydrogen-bond donors (Lipinski definition) is 1. The van der Waals surface area contributed by atoms with Crippen LogP contribution in [0.5, 0.6) is 0 Å². The predicted octanol–water partition coefficient (Wildman–Crippen LogP) is 4.46. The second kappa shape index (κ2) is 7.79. The Bertz CT molecular complexity index is 733. The lowest BCUT2D eigenvalue weighted by molar-refractivity contribution is 0.0791. The fourth-order valence-corrected chi connectivity index (χ4v) is 4.32. The van der Waals surface area contributed by atoms with Crippen molar-refractivity contribution in [3.8, 4) is 0 Å². The van der Waals surface area contributed by atoms with Crippen LogP contribution >= 0.6 is 35.0 Å². The van der Waals surface area contributed by atoms with Crippen molar-refractivity contribution in [1.29, 1.82) is 0 Å². The number of benzene rings is 2. The summed E-state index contributed by atoms with van der Waals surface area (Å²) in [5, 5.41) is 1.25. The number of nitrogens with two attached hydrogens (primary N) is 1. The van der Waals surface area contributed by atoms with Gasteiger partial charge in [-0.05, 0) is 42.3 Å². The Balaban J connectivity index is 1.68. The van der Waals surface area contributed by atoms with Crippen molar-refractivity contribution in [3.05, 3.63) is 63.6 Å².